The van der Waals surface area contributed by atoms with Crippen molar-refractivity contribution in [1.82, 2.24) is 21.3 Å². The number of nitrogens with one attached hydrogen (secondary N) is 4. The summed E-state index contributed by atoms with van der Waals surface area (Å²) in [6.07, 6.45) is -10.0. The number of fused-ring (bicyclic) bond motifs is 5. The second-order valence-corrected chi connectivity index (χ2v) is 26.2. The molecule has 1 heterocycles. The predicted molar refractivity (Wildman–Crippen MR) is 306 cm³/mol. The van der Waals surface area contributed by atoms with Gasteiger partial charge < -0.3 is 69.4 Å². The van der Waals surface area contributed by atoms with Crippen molar-refractivity contribution in [1.29, 1.82) is 0 Å². The van der Waals surface area contributed by atoms with Crippen LogP contribution in [0, 0.1) is 22.7 Å². The highest BCUT2D eigenvalue weighted by atomic mass is 16.6. The number of benzene rings is 1. The Hall–Kier alpha value is -6.92. The van der Waals surface area contributed by atoms with Crippen LogP contribution in [0.25, 0.3) is 0 Å². The fraction of sp³-hybridized carbons (Fsp3) is 0.677. The fourth-order valence-corrected chi connectivity index (χ4v) is 12.1. The zero-order chi connectivity index (χ0) is 64.1. The van der Waals surface area contributed by atoms with E-state index >= 15 is 9.59 Å². The average Bonchev–Trinajstić information content (AvgIpc) is 0.808. The van der Waals surface area contributed by atoms with Gasteiger partial charge in [0.15, 0.2) is 17.5 Å². The number of aliphatic hydroxyl groups is 2. The summed E-state index contributed by atoms with van der Waals surface area (Å²) in [5, 5.41) is 37.1. The molecule has 476 valence electrons. The first-order valence-electron chi connectivity index (χ1n) is 29.5. The minimum Gasteiger partial charge on any atom is -0.455 e. The lowest BCUT2D eigenvalue weighted by Crippen LogP contribution is -2.82. The molecule has 24 heteroatoms. The monoisotopic (exact) mass is 1210 g/mol. The van der Waals surface area contributed by atoms with E-state index in [0.717, 1.165) is 6.92 Å². The third kappa shape index (κ3) is 15.8. The molecule has 0 unspecified atom stereocenters. The van der Waals surface area contributed by atoms with Crippen LogP contribution in [0.5, 0.6) is 0 Å². The number of ether oxygens (including phenoxy) is 8. The zero-order valence-electron chi connectivity index (χ0n) is 52.0. The lowest BCUT2D eigenvalue weighted by atomic mass is 9.44. The number of rotatable bonds is 22. The highest BCUT2D eigenvalue weighted by molar-refractivity contribution is 5.96. The Labute approximate surface area is 502 Å². The molecule has 0 radical (unpaired) electrons. The normalized spacial score (nSPS) is 27.6. The van der Waals surface area contributed by atoms with E-state index in [0.29, 0.717) is 37.8 Å². The Bertz CT molecular complexity index is 2810. The van der Waals surface area contributed by atoms with E-state index in [1.165, 1.54) is 39.0 Å². The number of allylic oxidation sites excluding steroid dienone is 1. The molecule has 6 N–H and O–H groups in total. The van der Waals surface area contributed by atoms with Gasteiger partial charge in [0.1, 0.15) is 41.2 Å². The van der Waals surface area contributed by atoms with Crippen LogP contribution in [-0.4, -0.2) is 161 Å². The van der Waals surface area contributed by atoms with E-state index in [-0.39, 0.29) is 55.0 Å². The van der Waals surface area contributed by atoms with Crippen molar-refractivity contribution >= 4 is 59.6 Å². The molecule has 1 aromatic rings. The number of Topliss-reactive ketones (excluding diaryl/α,β-unsaturated/α-hetero) is 1. The van der Waals surface area contributed by atoms with Gasteiger partial charge in [0.2, 0.25) is 17.9 Å². The number of ketones is 1. The Kier molecular flexibility index (Phi) is 21.4. The average molecular weight is 1210 g/mol. The summed E-state index contributed by atoms with van der Waals surface area (Å²) in [6.45, 7) is 21.5. The van der Waals surface area contributed by atoms with Gasteiger partial charge in [-0.1, -0.05) is 43.7 Å². The van der Waals surface area contributed by atoms with Gasteiger partial charge in [-0.15, -0.1) is 0 Å². The Balaban J connectivity index is 1.40. The first-order valence-corrected chi connectivity index (χ1v) is 29.5. The van der Waals surface area contributed by atoms with Crippen molar-refractivity contribution < 1.29 is 96.1 Å². The molecule has 4 aliphatic carbocycles. The Morgan fingerprint density at radius 3 is 1.99 bits per heavy atom. The molecule has 3 saturated carbocycles. The van der Waals surface area contributed by atoms with Crippen molar-refractivity contribution in [3.63, 3.8) is 0 Å². The Morgan fingerprint density at radius 2 is 1.43 bits per heavy atom. The van der Waals surface area contributed by atoms with Gasteiger partial charge in [0, 0.05) is 51.6 Å². The van der Waals surface area contributed by atoms with Gasteiger partial charge in [0.05, 0.1) is 41.6 Å². The summed E-state index contributed by atoms with van der Waals surface area (Å²) in [4.78, 5) is 139. The fourth-order valence-electron chi connectivity index (χ4n) is 12.1. The van der Waals surface area contributed by atoms with E-state index in [1.807, 2.05) is 0 Å². The van der Waals surface area contributed by atoms with Gasteiger partial charge in [-0.3, -0.25) is 28.8 Å². The maximum Gasteiger partial charge on any atom is 0.408 e. The number of carbonyl (C=O) groups is 10. The SMILES string of the molecule is CC(=O)NCCCC[C@H](NC(=O)OC(C)(C)C)C(=O)NCCCC(=O)O[C@@H](C(=O)O[C@H]1C[C@@]2(O)[C@@H](OC(=O)c3ccccc3)[C@@H]3[C@]4(OC(C)=O)CO[C@@H]4C[C@H](O)[C@@]3(C)C(=O)[C@H](OC(=O)C3CC3)C(=C1C)C2(C)C)[C@H](C=C(C)C)NC(=O)OC(C)(C)C. The van der Waals surface area contributed by atoms with E-state index < -0.39 is 160 Å². The third-order valence-corrected chi connectivity index (χ3v) is 16.5. The molecule has 1 saturated heterocycles. The molecule has 4 amide bonds. The van der Waals surface area contributed by atoms with Crippen LogP contribution in [0.4, 0.5) is 9.59 Å². The molecule has 0 spiro atoms. The largest absolute Gasteiger partial charge is 0.455 e. The van der Waals surface area contributed by atoms with Crippen LogP contribution in [0.15, 0.2) is 53.1 Å². The van der Waals surface area contributed by atoms with Crippen molar-refractivity contribution in [3.05, 3.63) is 58.7 Å². The summed E-state index contributed by atoms with van der Waals surface area (Å²) in [7, 11) is 0. The quantitative estimate of drug-likeness (QED) is 0.0363. The van der Waals surface area contributed by atoms with E-state index in [9.17, 15) is 48.6 Å². The van der Waals surface area contributed by atoms with E-state index in [1.54, 1.807) is 87.4 Å². The number of carbonyl (C=O) groups excluding carboxylic acids is 10. The van der Waals surface area contributed by atoms with Crippen LogP contribution in [0.1, 0.15) is 165 Å². The van der Waals surface area contributed by atoms with Gasteiger partial charge >= 0.3 is 42.0 Å². The van der Waals surface area contributed by atoms with Crippen LogP contribution in [0.2, 0.25) is 0 Å². The molecule has 1 aliphatic heterocycles. The van der Waals surface area contributed by atoms with Crippen LogP contribution in [-0.2, 0) is 71.5 Å². The number of hydrogen-bond donors (Lipinski definition) is 6. The van der Waals surface area contributed by atoms with Crippen molar-refractivity contribution in [2.75, 3.05) is 19.7 Å². The van der Waals surface area contributed by atoms with Gasteiger partial charge in [-0.25, -0.2) is 19.2 Å². The number of esters is 5. The molecule has 86 heavy (non-hydrogen) atoms. The smallest absolute Gasteiger partial charge is 0.408 e. The lowest BCUT2D eigenvalue weighted by molar-refractivity contribution is -0.346. The minimum absolute atomic E-state index is 0.0195. The van der Waals surface area contributed by atoms with Gasteiger partial charge in [-0.2, -0.15) is 0 Å². The molecule has 24 nitrogen and oxygen atoms in total. The van der Waals surface area contributed by atoms with Crippen LogP contribution in [0.3, 0.4) is 0 Å². The maximum absolute atomic E-state index is 16.0. The molecule has 2 bridgehead atoms. The number of unbranched alkanes of at least 4 members (excludes halogenated alkanes) is 1. The first kappa shape index (κ1) is 68.2. The minimum atomic E-state index is -2.52. The van der Waals surface area contributed by atoms with Gasteiger partial charge in [-0.05, 0) is 131 Å². The zero-order valence-corrected chi connectivity index (χ0v) is 52.0. The number of aliphatic hydroxyl groups excluding tert-OH is 1. The van der Waals surface area contributed by atoms with Crippen LogP contribution >= 0.6 is 0 Å². The standard InChI is InChI=1S/C62H88N4O20/c1-33(2)29-40(66-56(77)86-58(9,10)11)46(81-44(70)24-20-28-64-51(72)39(23-18-19-27-63-35(4)67)65-55(76)85-57(6,7)8)54(75)80-41-31-62(78)50(83-53(74)37-21-16-15-17-22-37)48-60(14,42(69)30-43-61(48,32-79-43)84-36(5)68)49(71)47(82-52(73)38-25-26-38)45(34(41)3)59(62,12)13/h15-17,21-22,29,38-43,46-48,50,69,78H,18-20,23-28,30-32H2,1-14H3,(H,63,67)(H,64,72)(H,65,76)(H,66,77)/t39-,40-,41-,42-,43+,46+,47+,48-,50-,60+,61-,62+/m0/s1. The molecule has 4 fully saturated rings. The highest BCUT2D eigenvalue weighted by Crippen LogP contribution is 2.64. The Morgan fingerprint density at radius 1 is 0.814 bits per heavy atom. The molecule has 0 aromatic heterocycles. The summed E-state index contributed by atoms with van der Waals surface area (Å²) in [5.41, 5.74) is -9.61. The lowest BCUT2D eigenvalue weighted by Gasteiger charge is -2.67. The summed E-state index contributed by atoms with van der Waals surface area (Å²) >= 11 is 0. The van der Waals surface area contributed by atoms with E-state index in [4.69, 9.17) is 37.9 Å². The molecule has 1 aromatic carbocycles. The number of hydrogen-bond acceptors (Lipinski definition) is 20. The molecule has 5 aliphatic rings. The highest BCUT2D eigenvalue weighted by Gasteiger charge is 2.78. The number of alkyl carbamates (subject to hydrolysis) is 2. The van der Waals surface area contributed by atoms with Crippen LogP contribution < -0.4 is 21.3 Å². The van der Waals surface area contributed by atoms with Crippen molar-refractivity contribution in [3.8, 4) is 0 Å². The second-order valence-electron chi connectivity index (χ2n) is 26.2. The molecule has 6 rings (SSSR count). The van der Waals surface area contributed by atoms with Crippen molar-refractivity contribution in [2.24, 2.45) is 22.7 Å². The predicted octanol–water partition coefficient (Wildman–Crippen LogP) is 5.46. The summed E-state index contributed by atoms with van der Waals surface area (Å²) < 4.78 is 48.2. The van der Waals surface area contributed by atoms with E-state index in [2.05, 4.69) is 21.3 Å². The first-order chi connectivity index (χ1) is 39.9. The molecular formula is C62H88N4O20. The third-order valence-electron chi connectivity index (χ3n) is 16.5. The summed E-state index contributed by atoms with van der Waals surface area (Å²) in [6, 6.07) is 5.17. The molecule has 12 atom stereocenters. The van der Waals surface area contributed by atoms with Crippen molar-refractivity contribution in [2.45, 2.75) is 226 Å². The maximum atomic E-state index is 16.0. The number of amides is 4. The van der Waals surface area contributed by atoms with Gasteiger partial charge in [0.25, 0.3) is 0 Å². The summed E-state index contributed by atoms with van der Waals surface area (Å²) in [5.74, 6) is -8.79. The molecular weight excluding hydrogens is 1120 g/mol. The second kappa shape index (κ2) is 27.0. The topological polar surface area (TPSA) is 333 Å².